The van der Waals surface area contributed by atoms with E-state index in [0.717, 1.165) is 0 Å². The molecule has 1 aliphatic carbocycles. The molecular formula is C26H40ClSiZr-3. The summed E-state index contributed by atoms with van der Waals surface area (Å²) in [6.07, 6.45) is 5.48. The van der Waals surface area contributed by atoms with Crippen molar-refractivity contribution in [3.8, 4) is 0 Å². The maximum Gasteiger partial charge on any atom is -0.0632 e. The molecular weight excluding hydrogens is 467 g/mol. The summed E-state index contributed by atoms with van der Waals surface area (Å²) in [6.45, 7) is 23.8. The van der Waals surface area contributed by atoms with E-state index < -0.39 is 0 Å². The van der Waals surface area contributed by atoms with Crippen molar-refractivity contribution in [1.82, 2.24) is 0 Å². The molecule has 1 aliphatic rings. The largest absolute Gasteiger partial charge is 0.208 e. The van der Waals surface area contributed by atoms with Gasteiger partial charge in [-0.15, -0.1) is 12.4 Å². The number of halogens is 1. The van der Waals surface area contributed by atoms with Crippen LogP contribution in [0.1, 0.15) is 54.2 Å². The topological polar surface area (TPSA) is 0 Å². The van der Waals surface area contributed by atoms with Crippen molar-refractivity contribution in [3.05, 3.63) is 80.9 Å². The first-order valence-corrected chi connectivity index (χ1v) is 16.2. The summed E-state index contributed by atoms with van der Waals surface area (Å²) in [5.74, 6) is 0.565. The van der Waals surface area contributed by atoms with Crippen molar-refractivity contribution in [2.75, 3.05) is 0 Å². The van der Waals surface area contributed by atoms with Crippen LogP contribution >= 0.6 is 12.4 Å². The van der Waals surface area contributed by atoms with Crippen LogP contribution in [0.15, 0.2) is 41.5 Å². The molecule has 0 bridgehead atoms. The Morgan fingerprint density at radius 3 is 1.24 bits per heavy atom. The van der Waals surface area contributed by atoms with Crippen molar-refractivity contribution >= 4 is 17.8 Å². The third-order valence-corrected chi connectivity index (χ3v) is 4.59. The van der Waals surface area contributed by atoms with E-state index in [-0.39, 0.29) is 17.8 Å². The van der Waals surface area contributed by atoms with Crippen molar-refractivity contribution < 1.29 is 23.3 Å². The van der Waals surface area contributed by atoms with Gasteiger partial charge < -0.3 is 0 Å². The normalized spacial score (nSPS) is 13.9. The fraction of sp³-hybridized carbons (Fsp3) is 0.462. The first-order valence-electron chi connectivity index (χ1n) is 10.0. The van der Waals surface area contributed by atoms with Crippen LogP contribution in [0, 0.1) is 53.5 Å². The van der Waals surface area contributed by atoms with Gasteiger partial charge in [0, 0.05) is 0 Å². The van der Waals surface area contributed by atoms with E-state index in [4.69, 9.17) is 0 Å². The standard InChI is InChI=1S/3C8H11.C2H6Si.ClH.Zr/c3*1-6-4-7(2)8(3)5-6;1-3-2;;/h4,8H,1-3H3;2*4-5H,1-3H3;1-2H3;1H;/q3*-1;;;. The maximum absolute atomic E-state index is 3.29. The molecule has 162 valence electrons. The predicted octanol–water partition coefficient (Wildman–Crippen LogP) is 8.20. The fourth-order valence-electron chi connectivity index (χ4n) is 2.87. The third-order valence-electron chi connectivity index (χ3n) is 4.59. The zero-order valence-electron chi connectivity index (χ0n) is 20.4. The van der Waals surface area contributed by atoms with Gasteiger partial charge in [-0.25, -0.2) is 23.8 Å². The van der Waals surface area contributed by atoms with Gasteiger partial charge in [-0.05, 0) is 0 Å². The average Bonchev–Trinajstić information content (AvgIpc) is 3.09. The molecule has 2 aromatic rings. The van der Waals surface area contributed by atoms with Crippen LogP contribution in [0.2, 0.25) is 13.1 Å². The Balaban J connectivity index is 0. The molecule has 0 aliphatic heterocycles. The second-order valence-corrected chi connectivity index (χ2v) is 17.6. The molecule has 0 N–H and O–H groups in total. The number of aryl methyl sites for hydroxylation is 6. The van der Waals surface area contributed by atoms with Crippen molar-refractivity contribution in [2.45, 2.75) is 75.4 Å². The Bertz CT molecular complexity index is 731. The molecule has 0 saturated carbocycles. The molecule has 0 amide bonds. The van der Waals surface area contributed by atoms with Crippen LogP contribution in [-0.2, 0) is 23.3 Å². The second-order valence-electron chi connectivity index (χ2n) is 8.23. The van der Waals surface area contributed by atoms with Crippen molar-refractivity contribution in [2.24, 2.45) is 5.92 Å². The molecule has 3 rings (SSSR count). The van der Waals surface area contributed by atoms with Crippen LogP contribution in [0.25, 0.3) is 0 Å². The number of hydrogen-bond donors (Lipinski definition) is 0. The van der Waals surface area contributed by atoms with Gasteiger partial charge in [0.2, 0.25) is 0 Å². The van der Waals surface area contributed by atoms with Gasteiger partial charge in [0.1, 0.15) is 0 Å². The summed E-state index contributed by atoms with van der Waals surface area (Å²) in [6, 6.07) is 8.81. The molecule has 0 saturated heterocycles. The number of hydrogen-bond acceptors (Lipinski definition) is 0. The molecule has 0 nitrogen and oxygen atoms in total. The smallest absolute Gasteiger partial charge is 0.0632 e. The molecule has 0 heterocycles. The van der Waals surface area contributed by atoms with E-state index in [9.17, 15) is 0 Å². The van der Waals surface area contributed by atoms with Gasteiger partial charge >= 0.3 is 41.9 Å². The van der Waals surface area contributed by atoms with Crippen LogP contribution in [-0.4, -0.2) is 5.43 Å². The SMILES string of the molecule is CC1=[C-]C(C)C(C)=C1.C[Si](C)=[Zr].Cc1cc(C)c(C)[cH-]1.Cc1cc(C)c(C)[cH-]1.Cl. The molecule has 0 aromatic heterocycles. The van der Waals surface area contributed by atoms with Crippen LogP contribution < -0.4 is 0 Å². The minimum absolute atomic E-state index is 0. The Kier molecular flexibility index (Phi) is 16.3. The quantitative estimate of drug-likeness (QED) is 0.249. The molecule has 3 heteroatoms. The van der Waals surface area contributed by atoms with Gasteiger partial charge in [-0.1, -0.05) is 68.2 Å². The summed E-state index contributed by atoms with van der Waals surface area (Å²) in [4.78, 5) is 0. The Morgan fingerprint density at radius 2 is 1.17 bits per heavy atom. The molecule has 0 spiro atoms. The van der Waals surface area contributed by atoms with Crippen molar-refractivity contribution in [3.63, 3.8) is 0 Å². The zero-order valence-corrected chi connectivity index (χ0v) is 24.6. The molecule has 0 radical (unpaired) electrons. The summed E-state index contributed by atoms with van der Waals surface area (Å²) in [5.41, 5.74) is 11.3. The van der Waals surface area contributed by atoms with Gasteiger partial charge in [-0.2, -0.15) is 51.1 Å². The van der Waals surface area contributed by atoms with E-state index in [0.29, 0.717) is 5.92 Å². The van der Waals surface area contributed by atoms with Gasteiger partial charge in [-0.3, -0.25) is 6.08 Å². The summed E-state index contributed by atoms with van der Waals surface area (Å²) < 4.78 is 0. The van der Waals surface area contributed by atoms with E-state index >= 15 is 0 Å². The fourth-order valence-corrected chi connectivity index (χ4v) is 2.87. The molecule has 0 fully saturated rings. The number of allylic oxidation sites excluding steroid dienone is 4. The Morgan fingerprint density at radius 1 is 0.828 bits per heavy atom. The van der Waals surface area contributed by atoms with Crippen molar-refractivity contribution in [1.29, 1.82) is 0 Å². The van der Waals surface area contributed by atoms with Gasteiger partial charge in [0.15, 0.2) is 0 Å². The van der Waals surface area contributed by atoms with E-state index in [1.54, 1.807) is 23.3 Å². The zero-order chi connectivity index (χ0) is 22.0. The molecule has 1 atom stereocenters. The molecule has 29 heavy (non-hydrogen) atoms. The minimum atomic E-state index is 0. The van der Waals surface area contributed by atoms with E-state index in [2.05, 4.69) is 112 Å². The Hall–Kier alpha value is -0.430. The van der Waals surface area contributed by atoms with Gasteiger partial charge in [0.25, 0.3) is 0 Å². The first-order chi connectivity index (χ1) is 12.8. The summed E-state index contributed by atoms with van der Waals surface area (Å²) in [5, 5.41) is 0. The van der Waals surface area contributed by atoms with Crippen LogP contribution in [0.5, 0.6) is 0 Å². The van der Waals surface area contributed by atoms with Crippen LogP contribution in [0.3, 0.4) is 0 Å². The predicted molar refractivity (Wildman–Crippen MR) is 133 cm³/mol. The molecule has 2 aromatic carbocycles. The Labute approximate surface area is 202 Å². The third kappa shape index (κ3) is 14.2. The monoisotopic (exact) mass is 505 g/mol. The average molecular weight is 507 g/mol. The van der Waals surface area contributed by atoms with E-state index in [1.807, 2.05) is 0 Å². The second kappa shape index (κ2) is 15.4. The minimum Gasteiger partial charge on any atom is -0.208 e. The maximum atomic E-state index is 3.29. The summed E-state index contributed by atoms with van der Waals surface area (Å²) >= 11 is 1.74. The first kappa shape index (κ1) is 30.8. The van der Waals surface area contributed by atoms with Gasteiger partial charge in [0.05, 0.1) is 0 Å². The molecule has 1 unspecified atom stereocenters. The van der Waals surface area contributed by atoms with Crippen LogP contribution in [0.4, 0.5) is 0 Å². The van der Waals surface area contributed by atoms with E-state index in [1.165, 1.54) is 44.5 Å². The summed E-state index contributed by atoms with van der Waals surface area (Å²) in [7, 11) is 0. The number of rotatable bonds is 0.